The number of halogens is 1. The van der Waals surface area contributed by atoms with Gasteiger partial charge in [0.15, 0.2) is 0 Å². The number of hydrogen-bond acceptors (Lipinski definition) is 3. The van der Waals surface area contributed by atoms with Crippen LogP contribution in [0, 0.1) is 6.92 Å². The molecule has 2 aromatic carbocycles. The zero-order valence-corrected chi connectivity index (χ0v) is 17.8. The Balaban J connectivity index is 1.55. The van der Waals surface area contributed by atoms with E-state index < -0.39 is 0 Å². The van der Waals surface area contributed by atoms with Crippen LogP contribution in [0.15, 0.2) is 65.8 Å². The zero-order chi connectivity index (χ0) is 21.5. The number of hydrogen-bond donors (Lipinski definition) is 1. The van der Waals surface area contributed by atoms with Crippen molar-refractivity contribution < 1.29 is 4.79 Å². The Kier molecular flexibility index (Phi) is 4.87. The van der Waals surface area contributed by atoms with Crippen LogP contribution in [0.4, 0.5) is 5.69 Å². The molecule has 0 atom stereocenters. The van der Waals surface area contributed by atoms with Crippen LogP contribution >= 0.6 is 11.6 Å². The van der Waals surface area contributed by atoms with E-state index in [1.54, 1.807) is 21.5 Å². The molecule has 31 heavy (non-hydrogen) atoms. The predicted octanol–water partition coefficient (Wildman–Crippen LogP) is 4.80. The van der Waals surface area contributed by atoms with Crippen molar-refractivity contribution in [1.29, 1.82) is 0 Å². The lowest BCUT2D eigenvalue weighted by molar-refractivity contribution is -0.116. The Morgan fingerprint density at radius 3 is 2.68 bits per heavy atom. The maximum atomic E-state index is 13.3. The van der Waals surface area contributed by atoms with Crippen molar-refractivity contribution >= 4 is 34.2 Å². The average Bonchev–Trinajstić information content (AvgIpc) is 3.53. The molecule has 7 heteroatoms. The highest BCUT2D eigenvalue weighted by atomic mass is 35.5. The third-order valence-electron chi connectivity index (χ3n) is 5.59. The zero-order valence-electron chi connectivity index (χ0n) is 17.0. The number of fused-ring (bicyclic) bond motifs is 1. The van der Waals surface area contributed by atoms with Crippen LogP contribution in [-0.4, -0.2) is 20.0 Å². The molecule has 5 rings (SSSR count). The van der Waals surface area contributed by atoms with Crippen molar-refractivity contribution in [2.24, 2.45) is 0 Å². The average molecular weight is 433 g/mol. The van der Waals surface area contributed by atoms with Crippen LogP contribution in [-0.2, 0) is 11.3 Å². The van der Waals surface area contributed by atoms with Crippen molar-refractivity contribution in [2.45, 2.75) is 32.4 Å². The van der Waals surface area contributed by atoms with E-state index in [9.17, 15) is 9.59 Å². The summed E-state index contributed by atoms with van der Waals surface area (Å²) in [5, 5.41) is 3.46. The number of benzene rings is 2. The first-order valence-corrected chi connectivity index (χ1v) is 10.6. The minimum atomic E-state index is -0.238. The van der Waals surface area contributed by atoms with E-state index >= 15 is 0 Å². The molecule has 2 heterocycles. The minimum absolute atomic E-state index is 0.000426. The van der Waals surface area contributed by atoms with Gasteiger partial charge in [0.25, 0.3) is 5.56 Å². The maximum Gasteiger partial charge on any atom is 0.278 e. The number of rotatable bonds is 5. The summed E-state index contributed by atoms with van der Waals surface area (Å²) in [5.74, 6) is -0.238. The Bertz CT molecular complexity index is 1350. The van der Waals surface area contributed by atoms with Gasteiger partial charge in [-0.15, -0.1) is 0 Å². The van der Waals surface area contributed by atoms with Crippen molar-refractivity contribution in [1.82, 2.24) is 14.1 Å². The Morgan fingerprint density at radius 1 is 1.19 bits per heavy atom. The maximum absolute atomic E-state index is 13.3. The number of amides is 1. The molecule has 6 nitrogen and oxygen atoms in total. The lowest BCUT2D eigenvalue weighted by atomic mass is 10.1. The molecule has 4 aromatic rings. The highest BCUT2D eigenvalue weighted by molar-refractivity contribution is 6.31. The molecule has 1 saturated carbocycles. The largest absolute Gasteiger partial charge is 0.332 e. The summed E-state index contributed by atoms with van der Waals surface area (Å²) in [6.07, 6.45) is 5.43. The molecule has 1 aliphatic rings. The van der Waals surface area contributed by atoms with E-state index in [2.05, 4.69) is 10.3 Å². The SMILES string of the molecule is Cc1ccc(NC(=O)Cn2cc(-c3ccccc3)c3ncn(C4CC4)c(=O)c32)cc1Cl. The first kappa shape index (κ1) is 19.6. The van der Waals surface area contributed by atoms with Crippen molar-refractivity contribution in [3.63, 3.8) is 0 Å². The fourth-order valence-electron chi connectivity index (χ4n) is 3.79. The van der Waals surface area contributed by atoms with E-state index in [4.69, 9.17) is 11.6 Å². The highest BCUT2D eigenvalue weighted by Gasteiger charge is 2.27. The summed E-state index contributed by atoms with van der Waals surface area (Å²) in [4.78, 5) is 30.7. The summed E-state index contributed by atoms with van der Waals surface area (Å²) < 4.78 is 3.39. The van der Waals surface area contributed by atoms with Gasteiger partial charge in [0, 0.05) is 28.5 Å². The van der Waals surface area contributed by atoms with E-state index in [1.807, 2.05) is 55.6 Å². The Hall–Kier alpha value is -3.38. The fourth-order valence-corrected chi connectivity index (χ4v) is 3.97. The first-order valence-electron chi connectivity index (χ1n) is 10.2. The van der Waals surface area contributed by atoms with Gasteiger partial charge in [0.1, 0.15) is 17.6 Å². The van der Waals surface area contributed by atoms with Gasteiger partial charge in [-0.1, -0.05) is 48.0 Å². The van der Waals surface area contributed by atoms with Crippen LogP contribution in [0.2, 0.25) is 5.02 Å². The number of carbonyl (C=O) groups is 1. The second-order valence-electron chi connectivity index (χ2n) is 7.93. The monoisotopic (exact) mass is 432 g/mol. The van der Waals surface area contributed by atoms with E-state index in [0.717, 1.165) is 29.5 Å². The van der Waals surface area contributed by atoms with Gasteiger partial charge in [0.05, 0.1) is 6.33 Å². The van der Waals surface area contributed by atoms with Crippen molar-refractivity contribution in [3.8, 4) is 11.1 Å². The second-order valence-corrected chi connectivity index (χ2v) is 8.34. The third-order valence-corrected chi connectivity index (χ3v) is 6.00. The van der Waals surface area contributed by atoms with Gasteiger partial charge in [-0.2, -0.15) is 0 Å². The van der Waals surface area contributed by atoms with Gasteiger partial charge in [-0.3, -0.25) is 14.2 Å². The molecular weight excluding hydrogens is 412 g/mol. The summed E-state index contributed by atoms with van der Waals surface area (Å²) in [5.41, 5.74) is 4.30. The molecule has 1 amide bonds. The number of aromatic nitrogens is 3. The first-order chi connectivity index (χ1) is 15.0. The quantitative estimate of drug-likeness (QED) is 0.492. The number of aryl methyl sites for hydroxylation is 1. The lowest BCUT2D eigenvalue weighted by Crippen LogP contribution is -2.24. The van der Waals surface area contributed by atoms with Gasteiger partial charge in [0.2, 0.25) is 5.91 Å². The highest BCUT2D eigenvalue weighted by Crippen LogP contribution is 2.34. The third kappa shape index (κ3) is 3.75. The Labute approximate surface area is 184 Å². The molecule has 1 N–H and O–H groups in total. The standard InChI is InChI=1S/C24H21ClN4O2/c1-15-7-8-17(11-20(15)25)27-21(30)13-28-12-19(16-5-3-2-4-6-16)22-23(28)24(31)29(14-26-22)18-9-10-18/h2-8,11-12,14,18H,9-10,13H2,1H3,(H,27,30). The smallest absolute Gasteiger partial charge is 0.278 e. The number of nitrogens with one attached hydrogen (secondary N) is 1. The molecule has 0 radical (unpaired) electrons. The van der Waals surface area contributed by atoms with Gasteiger partial charge < -0.3 is 9.88 Å². The van der Waals surface area contributed by atoms with E-state index in [0.29, 0.717) is 21.7 Å². The van der Waals surface area contributed by atoms with E-state index in [1.165, 1.54) is 0 Å². The molecular formula is C24H21ClN4O2. The van der Waals surface area contributed by atoms with Crippen LogP contribution in [0.25, 0.3) is 22.2 Å². The number of carbonyl (C=O) groups excluding carboxylic acids is 1. The van der Waals surface area contributed by atoms with Crippen molar-refractivity contribution in [2.75, 3.05) is 5.32 Å². The van der Waals surface area contributed by atoms with Crippen LogP contribution in [0.3, 0.4) is 0 Å². The molecule has 0 bridgehead atoms. The van der Waals surface area contributed by atoms with Gasteiger partial charge in [-0.05, 0) is 43.0 Å². The molecule has 0 aliphatic heterocycles. The molecule has 0 unspecified atom stereocenters. The summed E-state index contributed by atoms with van der Waals surface area (Å²) in [6, 6.07) is 15.4. The normalized spacial score (nSPS) is 13.5. The van der Waals surface area contributed by atoms with Gasteiger partial charge >= 0.3 is 0 Å². The van der Waals surface area contributed by atoms with Crippen LogP contribution in [0.1, 0.15) is 24.4 Å². The van der Waals surface area contributed by atoms with Crippen molar-refractivity contribution in [3.05, 3.63) is 82.0 Å². The number of nitrogens with zero attached hydrogens (tertiary/aromatic N) is 3. The second kappa shape index (κ2) is 7.71. The van der Waals surface area contributed by atoms with Crippen LogP contribution in [0.5, 0.6) is 0 Å². The summed E-state index contributed by atoms with van der Waals surface area (Å²) in [6.45, 7) is 1.91. The molecule has 0 saturated heterocycles. The predicted molar refractivity (Wildman–Crippen MR) is 123 cm³/mol. The molecule has 0 spiro atoms. The summed E-state index contributed by atoms with van der Waals surface area (Å²) in [7, 11) is 0. The minimum Gasteiger partial charge on any atom is -0.332 e. The van der Waals surface area contributed by atoms with Crippen LogP contribution < -0.4 is 10.9 Å². The lowest BCUT2D eigenvalue weighted by Gasteiger charge is -2.09. The van der Waals surface area contributed by atoms with E-state index in [-0.39, 0.29) is 24.1 Å². The van der Waals surface area contributed by atoms with Gasteiger partial charge in [-0.25, -0.2) is 4.98 Å². The Morgan fingerprint density at radius 2 is 1.97 bits per heavy atom. The molecule has 156 valence electrons. The summed E-state index contributed by atoms with van der Waals surface area (Å²) >= 11 is 6.17. The number of anilines is 1. The molecule has 1 aliphatic carbocycles. The topological polar surface area (TPSA) is 68.9 Å². The molecule has 1 fully saturated rings. The molecule has 2 aromatic heterocycles. The fraction of sp³-hybridized carbons (Fsp3) is 0.208.